The maximum Gasteiger partial charge on any atom is 0.227 e. The predicted octanol–water partition coefficient (Wildman–Crippen LogP) is 3.93. The third-order valence-electron chi connectivity index (χ3n) is 2.85. The second-order valence-electron chi connectivity index (χ2n) is 4.49. The van der Waals surface area contributed by atoms with Crippen LogP contribution in [0.5, 0.6) is 11.6 Å². The first-order valence-corrected chi connectivity index (χ1v) is 6.85. The van der Waals surface area contributed by atoms with Gasteiger partial charge in [0.05, 0.1) is 5.56 Å². The van der Waals surface area contributed by atoms with Crippen molar-refractivity contribution in [3.8, 4) is 11.6 Å². The quantitative estimate of drug-likeness (QED) is 0.876. The van der Waals surface area contributed by atoms with Gasteiger partial charge in [0.15, 0.2) is 0 Å². The van der Waals surface area contributed by atoms with Crippen LogP contribution < -0.4 is 10.1 Å². The number of halogens is 2. The number of ether oxygens (including phenoxy) is 1. The summed E-state index contributed by atoms with van der Waals surface area (Å²) in [5, 5.41) is 3.18. The van der Waals surface area contributed by atoms with Gasteiger partial charge in [-0.3, -0.25) is 0 Å². The van der Waals surface area contributed by atoms with Crippen LogP contribution in [0.2, 0.25) is 0 Å². The molecular weight excluding hydrogens is 276 g/mol. The van der Waals surface area contributed by atoms with E-state index in [2.05, 4.69) is 15.3 Å². The first-order chi connectivity index (χ1) is 10.1. The molecule has 4 nitrogen and oxygen atoms in total. The summed E-state index contributed by atoms with van der Waals surface area (Å²) >= 11 is 0. The maximum atomic E-state index is 13.2. The molecular formula is C15H17F2N3O. The summed E-state index contributed by atoms with van der Waals surface area (Å²) in [7, 11) is 0. The van der Waals surface area contributed by atoms with Crippen molar-refractivity contribution in [1.29, 1.82) is 0 Å². The zero-order valence-corrected chi connectivity index (χ0v) is 12.0. The molecule has 0 unspecified atom stereocenters. The molecule has 0 aliphatic heterocycles. The number of anilines is 1. The number of aromatic nitrogens is 2. The second-order valence-corrected chi connectivity index (χ2v) is 4.49. The van der Waals surface area contributed by atoms with Crippen molar-refractivity contribution in [2.24, 2.45) is 0 Å². The van der Waals surface area contributed by atoms with Crippen LogP contribution in [0.25, 0.3) is 0 Å². The monoisotopic (exact) mass is 293 g/mol. The van der Waals surface area contributed by atoms with Crippen LogP contribution in [-0.4, -0.2) is 16.5 Å². The molecule has 112 valence electrons. The molecule has 0 fully saturated rings. The lowest BCUT2D eigenvalue weighted by Gasteiger charge is -2.13. The van der Waals surface area contributed by atoms with E-state index in [0.717, 1.165) is 36.7 Å². The zero-order valence-electron chi connectivity index (χ0n) is 12.0. The average molecular weight is 293 g/mol. The van der Waals surface area contributed by atoms with Gasteiger partial charge in [-0.15, -0.1) is 0 Å². The van der Waals surface area contributed by atoms with Crippen LogP contribution in [-0.2, 0) is 6.42 Å². The highest BCUT2D eigenvalue weighted by atomic mass is 19.1. The molecule has 0 bridgehead atoms. The minimum absolute atomic E-state index is 0.0716. The number of rotatable bonds is 6. The SMILES string of the molecule is CCCNc1ncnc(Oc2cc(F)cc(F)c2)c1CC. The first kappa shape index (κ1) is 15.2. The highest BCUT2D eigenvalue weighted by Gasteiger charge is 2.12. The van der Waals surface area contributed by atoms with Gasteiger partial charge in [0.25, 0.3) is 0 Å². The Hall–Kier alpha value is -2.24. The van der Waals surface area contributed by atoms with Gasteiger partial charge in [0.1, 0.15) is 29.5 Å². The minimum Gasteiger partial charge on any atom is -0.438 e. The molecule has 21 heavy (non-hydrogen) atoms. The largest absolute Gasteiger partial charge is 0.438 e. The molecule has 0 radical (unpaired) electrons. The molecule has 1 aromatic carbocycles. The van der Waals surface area contributed by atoms with Gasteiger partial charge in [0.2, 0.25) is 5.88 Å². The Morgan fingerprint density at radius 1 is 1.10 bits per heavy atom. The van der Waals surface area contributed by atoms with E-state index >= 15 is 0 Å². The van der Waals surface area contributed by atoms with Gasteiger partial charge in [0, 0.05) is 24.7 Å². The molecule has 0 aliphatic rings. The van der Waals surface area contributed by atoms with Crippen LogP contribution in [0, 0.1) is 11.6 Å². The second kappa shape index (κ2) is 6.97. The molecule has 0 amide bonds. The fourth-order valence-corrected chi connectivity index (χ4v) is 1.90. The lowest BCUT2D eigenvalue weighted by Crippen LogP contribution is -2.07. The molecule has 6 heteroatoms. The number of nitrogens with one attached hydrogen (secondary N) is 1. The molecule has 0 saturated carbocycles. The molecule has 1 heterocycles. The van der Waals surface area contributed by atoms with Crippen LogP contribution in [0.15, 0.2) is 24.5 Å². The van der Waals surface area contributed by atoms with Crippen molar-refractivity contribution < 1.29 is 13.5 Å². The van der Waals surface area contributed by atoms with Crippen molar-refractivity contribution in [3.05, 3.63) is 41.7 Å². The van der Waals surface area contributed by atoms with Gasteiger partial charge >= 0.3 is 0 Å². The lowest BCUT2D eigenvalue weighted by atomic mass is 10.2. The number of nitrogens with zero attached hydrogens (tertiary/aromatic N) is 2. The summed E-state index contributed by atoms with van der Waals surface area (Å²) in [4.78, 5) is 8.23. The Kier molecular flexibility index (Phi) is 5.03. The Labute approximate surface area is 122 Å². The van der Waals surface area contributed by atoms with Gasteiger partial charge in [-0.2, -0.15) is 0 Å². The highest BCUT2D eigenvalue weighted by Crippen LogP contribution is 2.28. The van der Waals surface area contributed by atoms with Crippen LogP contribution in [0.3, 0.4) is 0 Å². The van der Waals surface area contributed by atoms with E-state index in [4.69, 9.17) is 4.74 Å². The summed E-state index contributed by atoms with van der Waals surface area (Å²) in [5.74, 6) is -0.331. The van der Waals surface area contributed by atoms with Crippen molar-refractivity contribution >= 4 is 5.82 Å². The summed E-state index contributed by atoms with van der Waals surface area (Å²) in [6.07, 6.45) is 2.96. The van der Waals surface area contributed by atoms with Crippen molar-refractivity contribution in [2.45, 2.75) is 26.7 Å². The van der Waals surface area contributed by atoms with Crippen molar-refractivity contribution in [2.75, 3.05) is 11.9 Å². The summed E-state index contributed by atoms with van der Waals surface area (Å²) in [6, 6.07) is 3.02. The van der Waals surface area contributed by atoms with Gasteiger partial charge in [-0.05, 0) is 12.8 Å². The fraction of sp³-hybridized carbons (Fsp3) is 0.333. The molecule has 0 aliphatic carbocycles. The lowest BCUT2D eigenvalue weighted by molar-refractivity contribution is 0.445. The topological polar surface area (TPSA) is 47.0 Å². The Morgan fingerprint density at radius 2 is 1.81 bits per heavy atom. The number of hydrogen-bond donors (Lipinski definition) is 1. The Morgan fingerprint density at radius 3 is 2.43 bits per heavy atom. The normalized spacial score (nSPS) is 10.5. The molecule has 2 aromatic rings. The molecule has 0 atom stereocenters. The summed E-state index contributed by atoms with van der Waals surface area (Å²) < 4.78 is 31.9. The molecule has 1 N–H and O–H groups in total. The van der Waals surface area contributed by atoms with Gasteiger partial charge in [-0.1, -0.05) is 13.8 Å². The fourth-order valence-electron chi connectivity index (χ4n) is 1.90. The maximum absolute atomic E-state index is 13.2. The first-order valence-electron chi connectivity index (χ1n) is 6.85. The van der Waals surface area contributed by atoms with Crippen LogP contribution in [0.1, 0.15) is 25.8 Å². The molecule has 0 spiro atoms. The predicted molar refractivity (Wildman–Crippen MR) is 76.6 cm³/mol. The number of hydrogen-bond acceptors (Lipinski definition) is 4. The Balaban J connectivity index is 2.30. The average Bonchev–Trinajstić information content (AvgIpc) is 2.44. The molecule has 0 saturated heterocycles. The van der Waals surface area contributed by atoms with Crippen molar-refractivity contribution in [3.63, 3.8) is 0 Å². The number of benzene rings is 1. The summed E-state index contributed by atoms with van der Waals surface area (Å²) in [6.45, 7) is 4.76. The molecule has 1 aromatic heterocycles. The van der Waals surface area contributed by atoms with E-state index in [1.165, 1.54) is 6.33 Å². The smallest absolute Gasteiger partial charge is 0.227 e. The van der Waals surface area contributed by atoms with Crippen molar-refractivity contribution in [1.82, 2.24) is 9.97 Å². The van der Waals surface area contributed by atoms with E-state index in [1.54, 1.807) is 0 Å². The highest BCUT2D eigenvalue weighted by molar-refractivity contribution is 5.49. The van der Waals surface area contributed by atoms with E-state index in [1.807, 2.05) is 13.8 Å². The van der Waals surface area contributed by atoms with E-state index < -0.39 is 11.6 Å². The van der Waals surface area contributed by atoms with Gasteiger partial charge in [-0.25, -0.2) is 18.7 Å². The van der Waals surface area contributed by atoms with Crippen LogP contribution >= 0.6 is 0 Å². The Bertz CT molecular complexity index is 600. The summed E-state index contributed by atoms with van der Waals surface area (Å²) in [5.41, 5.74) is 0.774. The zero-order chi connectivity index (χ0) is 15.2. The third-order valence-corrected chi connectivity index (χ3v) is 2.85. The third kappa shape index (κ3) is 3.87. The van der Waals surface area contributed by atoms with Crippen LogP contribution in [0.4, 0.5) is 14.6 Å². The minimum atomic E-state index is -0.693. The molecule has 2 rings (SSSR count). The van der Waals surface area contributed by atoms with E-state index in [0.29, 0.717) is 18.1 Å². The van der Waals surface area contributed by atoms with E-state index in [9.17, 15) is 8.78 Å². The van der Waals surface area contributed by atoms with Gasteiger partial charge < -0.3 is 10.1 Å². The standard InChI is InChI=1S/C15H17F2N3O/c1-3-5-18-14-13(4-2)15(20-9-19-14)21-12-7-10(16)6-11(17)8-12/h6-9H,3-5H2,1-2H3,(H,18,19,20). The van der Waals surface area contributed by atoms with E-state index in [-0.39, 0.29) is 5.75 Å².